The lowest BCUT2D eigenvalue weighted by atomic mass is 9.61. The standard InChI is InChI=1S/C22H31NO2S/c1-14(2)17-8-7-15-9-20(25-12-16-11-23-13-26-16)19(24-6)10-18(15)21(17)22(3,4)5/h9-11,13-14,17,21H,7-8,12H2,1-6H3. The lowest BCUT2D eigenvalue weighted by molar-refractivity contribution is 0.169. The first-order chi connectivity index (χ1) is 12.3. The molecule has 0 radical (unpaired) electrons. The van der Waals surface area contributed by atoms with Crippen LogP contribution in [0.4, 0.5) is 0 Å². The van der Waals surface area contributed by atoms with Gasteiger partial charge in [0.1, 0.15) is 6.61 Å². The Morgan fingerprint density at radius 3 is 2.58 bits per heavy atom. The molecule has 1 heterocycles. The predicted molar refractivity (Wildman–Crippen MR) is 108 cm³/mol. The van der Waals surface area contributed by atoms with Crippen molar-refractivity contribution >= 4 is 11.3 Å². The second-order valence-electron chi connectivity index (χ2n) is 8.75. The van der Waals surface area contributed by atoms with E-state index in [4.69, 9.17) is 9.47 Å². The summed E-state index contributed by atoms with van der Waals surface area (Å²) in [4.78, 5) is 5.24. The number of methoxy groups -OCH3 is 1. The summed E-state index contributed by atoms with van der Waals surface area (Å²) in [7, 11) is 1.73. The molecule has 1 aromatic heterocycles. The predicted octanol–water partition coefficient (Wildman–Crippen LogP) is 6.08. The van der Waals surface area contributed by atoms with E-state index in [0.717, 1.165) is 22.8 Å². The van der Waals surface area contributed by atoms with Crippen LogP contribution in [-0.2, 0) is 13.0 Å². The Labute approximate surface area is 161 Å². The van der Waals surface area contributed by atoms with Crippen molar-refractivity contribution in [1.82, 2.24) is 4.98 Å². The highest BCUT2D eigenvalue weighted by Crippen LogP contribution is 2.51. The molecule has 0 amide bonds. The van der Waals surface area contributed by atoms with Crippen molar-refractivity contribution in [2.24, 2.45) is 17.3 Å². The van der Waals surface area contributed by atoms with Crippen LogP contribution in [0.1, 0.15) is 63.0 Å². The first-order valence-corrected chi connectivity index (χ1v) is 10.4. The molecule has 0 saturated carbocycles. The highest BCUT2D eigenvalue weighted by Gasteiger charge is 2.39. The summed E-state index contributed by atoms with van der Waals surface area (Å²) >= 11 is 1.61. The molecular formula is C22H31NO2S. The highest BCUT2D eigenvalue weighted by atomic mass is 32.1. The molecular weight excluding hydrogens is 342 g/mol. The monoisotopic (exact) mass is 373 g/mol. The van der Waals surface area contributed by atoms with Crippen molar-refractivity contribution in [2.45, 2.75) is 60.0 Å². The van der Waals surface area contributed by atoms with Crippen molar-refractivity contribution in [3.05, 3.63) is 39.8 Å². The molecule has 2 atom stereocenters. The minimum atomic E-state index is 0.222. The molecule has 3 rings (SSSR count). The van der Waals surface area contributed by atoms with Crippen molar-refractivity contribution in [3.8, 4) is 11.5 Å². The Hall–Kier alpha value is -1.55. The van der Waals surface area contributed by atoms with Gasteiger partial charge in [0.05, 0.1) is 17.5 Å². The first kappa shape index (κ1) is 19.2. The minimum absolute atomic E-state index is 0.222. The average Bonchev–Trinajstić information content (AvgIpc) is 3.10. The molecule has 4 heteroatoms. The number of aromatic nitrogens is 1. The van der Waals surface area contributed by atoms with Gasteiger partial charge in [-0.05, 0) is 59.3 Å². The number of hydrogen-bond donors (Lipinski definition) is 0. The molecule has 1 aliphatic rings. The molecule has 1 aliphatic carbocycles. The smallest absolute Gasteiger partial charge is 0.162 e. The van der Waals surface area contributed by atoms with E-state index in [1.54, 1.807) is 18.4 Å². The zero-order chi connectivity index (χ0) is 18.9. The Kier molecular flexibility index (Phi) is 5.61. The Morgan fingerprint density at radius 2 is 2.00 bits per heavy atom. The van der Waals surface area contributed by atoms with Gasteiger partial charge in [-0.1, -0.05) is 34.6 Å². The van der Waals surface area contributed by atoms with E-state index < -0.39 is 0 Å². The molecule has 0 aliphatic heterocycles. The van der Waals surface area contributed by atoms with E-state index in [0.29, 0.717) is 24.4 Å². The van der Waals surface area contributed by atoms with Gasteiger partial charge in [0, 0.05) is 6.20 Å². The van der Waals surface area contributed by atoms with Crippen molar-refractivity contribution in [1.29, 1.82) is 0 Å². The third-order valence-corrected chi connectivity index (χ3v) is 6.33. The number of ether oxygens (including phenoxy) is 2. The van der Waals surface area contributed by atoms with Gasteiger partial charge in [-0.2, -0.15) is 0 Å². The third-order valence-electron chi connectivity index (χ3n) is 5.58. The van der Waals surface area contributed by atoms with E-state index in [1.165, 1.54) is 17.5 Å². The van der Waals surface area contributed by atoms with E-state index in [9.17, 15) is 0 Å². The fourth-order valence-corrected chi connectivity index (χ4v) is 4.91. The normalized spacial score (nSPS) is 20.1. The second kappa shape index (κ2) is 7.59. The van der Waals surface area contributed by atoms with Gasteiger partial charge in [0.2, 0.25) is 0 Å². The molecule has 0 spiro atoms. The Morgan fingerprint density at radius 1 is 1.23 bits per heavy atom. The number of benzene rings is 1. The highest BCUT2D eigenvalue weighted by molar-refractivity contribution is 7.09. The molecule has 0 fully saturated rings. The van der Waals surface area contributed by atoms with Crippen LogP contribution in [0.5, 0.6) is 11.5 Å². The fourth-order valence-electron chi connectivity index (χ4n) is 4.40. The van der Waals surface area contributed by atoms with Gasteiger partial charge < -0.3 is 9.47 Å². The number of thiazole rings is 1. The molecule has 3 nitrogen and oxygen atoms in total. The van der Waals surface area contributed by atoms with Gasteiger partial charge in [0.25, 0.3) is 0 Å². The van der Waals surface area contributed by atoms with Crippen LogP contribution in [0.15, 0.2) is 23.8 Å². The van der Waals surface area contributed by atoms with E-state index >= 15 is 0 Å². The number of nitrogens with zero attached hydrogens (tertiary/aromatic N) is 1. The summed E-state index contributed by atoms with van der Waals surface area (Å²) < 4.78 is 11.8. The van der Waals surface area contributed by atoms with Gasteiger partial charge >= 0.3 is 0 Å². The summed E-state index contributed by atoms with van der Waals surface area (Å²) in [6.07, 6.45) is 4.22. The summed E-state index contributed by atoms with van der Waals surface area (Å²) in [5, 5.41) is 0. The van der Waals surface area contributed by atoms with Gasteiger partial charge in [-0.15, -0.1) is 11.3 Å². The summed E-state index contributed by atoms with van der Waals surface area (Å²) in [6, 6.07) is 4.45. The molecule has 0 bridgehead atoms. The minimum Gasteiger partial charge on any atom is -0.493 e. The molecule has 1 aromatic carbocycles. The number of rotatable bonds is 5. The maximum Gasteiger partial charge on any atom is 0.162 e. The van der Waals surface area contributed by atoms with Crippen molar-refractivity contribution < 1.29 is 9.47 Å². The Balaban J connectivity index is 1.96. The zero-order valence-electron chi connectivity index (χ0n) is 16.8. The molecule has 2 unspecified atom stereocenters. The molecule has 26 heavy (non-hydrogen) atoms. The van der Waals surface area contributed by atoms with Gasteiger partial charge in [-0.25, -0.2) is 0 Å². The number of aryl methyl sites for hydroxylation is 1. The number of hydrogen-bond acceptors (Lipinski definition) is 4. The maximum atomic E-state index is 6.08. The van der Waals surface area contributed by atoms with Crippen LogP contribution < -0.4 is 9.47 Å². The molecule has 2 aromatic rings. The molecule has 0 saturated heterocycles. The lowest BCUT2D eigenvalue weighted by Crippen LogP contribution is -2.33. The van der Waals surface area contributed by atoms with E-state index in [-0.39, 0.29) is 5.41 Å². The largest absolute Gasteiger partial charge is 0.493 e. The third kappa shape index (κ3) is 3.90. The maximum absolute atomic E-state index is 6.08. The van der Waals surface area contributed by atoms with Gasteiger partial charge in [-0.3, -0.25) is 4.98 Å². The van der Waals surface area contributed by atoms with E-state index in [2.05, 4.69) is 51.7 Å². The SMILES string of the molecule is COc1cc2c(cc1OCc1cncs1)CCC(C(C)C)C2C(C)(C)C. The molecule has 0 N–H and O–H groups in total. The second-order valence-corrected chi connectivity index (χ2v) is 9.72. The van der Waals surface area contributed by atoms with Crippen molar-refractivity contribution in [2.75, 3.05) is 7.11 Å². The van der Waals surface area contributed by atoms with Crippen LogP contribution in [0.25, 0.3) is 0 Å². The lowest BCUT2D eigenvalue weighted by Gasteiger charge is -2.44. The first-order valence-electron chi connectivity index (χ1n) is 9.52. The van der Waals surface area contributed by atoms with Crippen LogP contribution >= 0.6 is 11.3 Å². The summed E-state index contributed by atoms with van der Waals surface area (Å²) in [6.45, 7) is 12.3. The molecule has 142 valence electrons. The van der Waals surface area contributed by atoms with Crippen molar-refractivity contribution in [3.63, 3.8) is 0 Å². The van der Waals surface area contributed by atoms with Crippen LogP contribution in [0, 0.1) is 17.3 Å². The van der Waals surface area contributed by atoms with Crippen LogP contribution in [0.2, 0.25) is 0 Å². The van der Waals surface area contributed by atoms with Gasteiger partial charge in [0.15, 0.2) is 11.5 Å². The Bertz CT molecular complexity index is 731. The number of fused-ring (bicyclic) bond motifs is 1. The summed E-state index contributed by atoms with van der Waals surface area (Å²) in [5.74, 6) is 3.61. The topological polar surface area (TPSA) is 31.4 Å². The quantitative estimate of drug-likeness (QED) is 0.636. The van der Waals surface area contributed by atoms with E-state index in [1.807, 2.05) is 11.7 Å². The summed E-state index contributed by atoms with van der Waals surface area (Å²) in [5.41, 5.74) is 4.93. The van der Waals surface area contributed by atoms with Crippen LogP contribution in [0.3, 0.4) is 0 Å². The zero-order valence-corrected chi connectivity index (χ0v) is 17.7. The van der Waals surface area contributed by atoms with Crippen LogP contribution in [-0.4, -0.2) is 12.1 Å². The average molecular weight is 374 g/mol. The fraction of sp³-hybridized carbons (Fsp3) is 0.591.